The fourth-order valence-corrected chi connectivity index (χ4v) is 2.49. The molecule has 0 radical (unpaired) electrons. The quantitative estimate of drug-likeness (QED) is 0.829. The van der Waals surface area contributed by atoms with Gasteiger partial charge in [-0.15, -0.1) is 0 Å². The summed E-state index contributed by atoms with van der Waals surface area (Å²) in [6.07, 6.45) is 2.49. The number of hydrogen-bond acceptors (Lipinski definition) is 5. The van der Waals surface area contributed by atoms with Crippen LogP contribution in [0.5, 0.6) is 11.5 Å². The van der Waals surface area contributed by atoms with Gasteiger partial charge in [0.25, 0.3) is 0 Å². The van der Waals surface area contributed by atoms with E-state index in [-0.39, 0.29) is 6.10 Å². The summed E-state index contributed by atoms with van der Waals surface area (Å²) < 4.78 is 10.8. The molecule has 1 unspecified atom stereocenters. The van der Waals surface area contributed by atoms with E-state index in [1.807, 2.05) is 19.1 Å². The first-order valence-corrected chi connectivity index (χ1v) is 6.55. The Kier molecular flexibility index (Phi) is 4.63. The van der Waals surface area contributed by atoms with Crippen LogP contribution in [0.15, 0.2) is 12.1 Å². The highest BCUT2D eigenvalue weighted by molar-refractivity contribution is 5.52. The van der Waals surface area contributed by atoms with E-state index in [1.54, 1.807) is 14.2 Å². The predicted octanol–water partition coefficient (Wildman–Crippen LogP) is 2.20. The highest BCUT2D eigenvalue weighted by atomic mass is 16.9. The molecule has 19 heavy (non-hydrogen) atoms. The van der Waals surface area contributed by atoms with Crippen molar-refractivity contribution >= 4 is 0 Å². The van der Waals surface area contributed by atoms with Gasteiger partial charge in [0, 0.05) is 18.5 Å². The minimum Gasteiger partial charge on any atom is -0.493 e. The van der Waals surface area contributed by atoms with E-state index in [0.29, 0.717) is 6.54 Å². The molecular weight excluding hydrogens is 246 g/mol. The third kappa shape index (κ3) is 3.00. The normalized spacial score (nSPS) is 18.3. The van der Waals surface area contributed by atoms with Crippen molar-refractivity contribution in [1.82, 2.24) is 5.23 Å². The molecule has 1 atom stereocenters. The van der Waals surface area contributed by atoms with E-state index in [9.17, 15) is 5.21 Å². The average molecular weight is 267 g/mol. The maximum atomic E-state index is 9.41. The Morgan fingerprint density at radius 2 is 2.11 bits per heavy atom. The molecule has 1 N–H and O–H groups in total. The van der Waals surface area contributed by atoms with Gasteiger partial charge in [0.15, 0.2) is 11.5 Å². The van der Waals surface area contributed by atoms with Crippen molar-refractivity contribution in [2.24, 2.45) is 0 Å². The van der Waals surface area contributed by atoms with E-state index < -0.39 is 0 Å². The third-order valence-electron chi connectivity index (χ3n) is 3.45. The van der Waals surface area contributed by atoms with Crippen LogP contribution >= 0.6 is 0 Å². The zero-order valence-corrected chi connectivity index (χ0v) is 11.7. The van der Waals surface area contributed by atoms with Crippen molar-refractivity contribution in [3.63, 3.8) is 0 Å². The number of fused-ring (bicyclic) bond motifs is 1. The van der Waals surface area contributed by atoms with E-state index in [4.69, 9.17) is 14.3 Å². The van der Waals surface area contributed by atoms with Gasteiger partial charge in [0.2, 0.25) is 0 Å². The topological polar surface area (TPSA) is 51.2 Å². The van der Waals surface area contributed by atoms with Crippen LogP contribution < -0.4 is 9.47 Å². The van der Waals surface area contributed by atoms with Gasteiger partial charge in [-0.3, -0.25) is 10.0 Å². The monoisotopic (exact) mass is 267 g/mol. The second kappa shape index (κ2) is 6.23. The lowest BCUT2D eigenvalue weighted by Crippen LogP contribution is -2.31. The lowest BCUT2D eigenvalue weighted by molar-refractivity contribution is -0.359. The zero-order valence-electron chi connectivity index (χ0n) is 11.7. The van der Waals surface area contributed by atoms with E-state index in [0.717, 1.165) is 36.0 Å². The average Bonchev–Trinajstić information content (AvgIpc) is 2.45. The molecule has 1 aliphatic carbocycles. The van der Waals surface area contributed by atoms with Crippen LogP contribution in [-0.2, 0) is 17.7 Å². The van der Waals surface area contributed by atoms with Crippen LogP contribution in [0.4, 0.5) is 0 Å². The van der Waals surface area contributed by atoms with Gasteiger partial charge in [-0.2, -0.15) is 0 Å². The van der Waals surface area contributed by atoms with Crippen molar-refractivity contribution in [2.45, 2.75) is 32.3 Å². The maximum Gasteiger partial charge on any atom is 0.164 e. The first-order valence-electron chi connectivity index (χ1n) is 6.55. The molecule has 2 rings (SSSR count). The van der Waals surface area contributed by atoms with Gasteiger partial charge >= 0.3 is 0 Å². The number of methoxy groups -OCH3 is 2. The minimum absolute atomic E-state index is 0.00977. The largest absolute Gasteiger partial charge is 0.493 e. The van der Waals surface area contributed by atoms with Crippen LogP contribution in [0.25, 0.3) is 0 Å². The molecule has 5 nitrogen and oxygen atoms in total. The van der Waals surface area contributed by atoms with Gasteiger partial charge in [0.1, 0.15) is 0 Å². The van der Waals surface area contributed by atoms with Crippen LogP contribution in [0, 0.1) is 0 Å². The molecule has 0 fully saturated rings. The molecule has 1 aliphatic rings. The summed E-state index contributed by atoms with van der Waals surface area (Å²) in [7, 11) is 3.30. The van der Waals surface area contributed by atoms with Gasteiger partial charge in [0.05, 0.1) is 20.3 Å². The van der Waals surface area contributed by atoms with Crippen molar-refractivity contribution in [3.8, 4) is 11.5 Å². The fourth-order valence-electron chi connectivity index (χ4n) is 2.49. The van der Waals surface area contributed by atoms with Crippen molar-refractivity contribution in [3.05, 3.63) is 23.3 Å². The Balaban J connectivity index is 2.18. The summed E-state index contributed by atoms with van der Waals surface area (Å²) in [4.78, 5) is 5.44. The molecule has 106 valence electrons. The minimum atomic E-state index is 0.00977. The molecule has 1 aromatic rings. The number of ether oxygens (including phenoxy) is 2. The Labute approximate surface area is 113 Å². The first-order chi connectivity index (χ1) is 9.19. The molecule has 0 aromatic heterocycles. The number of hydroxylamine groups is 2. The highest BCUT2D eigenvalue weighted by Gasteiger charge is 2.25. The van der Waals surface area contributed by atoms with Crippen LogP contribution in [0.3, 0.4) is 0 Å². The molecule has 0 saturated carbocycles. The molecule has 0 bridgehead atoms. The van der Waals surface area contributed by atoms with Crippen LogP contribution in [0.1, 0.15) is 24.5 Å². The third-order valence-corrected chi connectivity index (χ3v) is 3.45. The van der Waals surface area contributed by atoms with Crippen molar-refractivity contribution in [1.29, 1.82) is 0 Å². The molecule has 5 heteroatoms. The van der Waals surface area contributed by atoms with Crippen molar-refractivity contribution < 1.29 is 19.5 Å². The number of hydrogen-bond donors (Lipinski definition) is 1. The molecular formula is C14H21NO4. The number of nitrogens with zero attached hydrogens (tertiary/aromatic N) is 1. The van der Waals surface area contributed by atoms with Gasteiger partial charge in [-0.1, -0.05) is 11.3 Å². The summed E-state index contributed by atoms with van der Waals surface area (Å²) >= 11 is 0. The fraction of sp³-hybridized carbons (Fsp3) is 0.571. The Bertz CT molecular complexity index is 436. The number of benzene rings is 1. The van der Waals surface area contributed by atoms with Gasteiger partial charge in [-0.05, 0) is 31.4 Å². The van der Waals surface area contributed by atoms with E-state index >= 15 is 0 Å². The summed E-state index contributed by atoms with van der Waals surface area (Å²) in [5, 5.41) is 10.3. The Hall–Kier alpha value is -1.30. The standard InChI is InChI=1S/C14H21NO4/c1-4-15(16)19-11-6-7-12-10(9-11)5-8-13(17-2)14(12)18-3/h5,8,11,16H,4,6-7,9H2,1-3H3. The molecule has 1 aromatic carbocycles. The Morgan fingerprint density at radius 3 is 2.74 bits per heavy atom. The summed E-state index contributed by atoms with van der Waals surface area (Å²) in [6, 6.07) is 3.95. The summed E-state index contributed by atoms with van der Waals surface area (Å²) in [6.45, 7) is 2.29. The SMILES string of the molecule is CCN(O)OC1CCc2c(ccc(OC)c2OC)C1. The lowest BCUT2D eigenvalue weighted by Gasteiger charge is -2.28. The smallest absolute Gasteiger partial charge is 0.164 e. The van der Waals surface area contributed by atoms with Gasteiger partial charge < -0.3 is 9.47 Å². The lowest BCUT2D eigenvalue weighted by atomic mass is 9.89. The van der Waals surface area contributed by atoms with Crippen LogP contribution in [-0.4, -0.2) is 37.3 Å². The van der Waals surface area contributed by atoms with Gasteiger partial charge in [-0.25, -0.2) is 0 Å². The second-order valence-corrected chi connectivity index (χ2v) is 4.58. The van der Waals surface area contributed by atoms with Crippen LogP contribution in [0.2, 0.25) is 0 Å². The highest BCUT2D eigenvalue weighted by Crippen LogP contribution is 2.37. The summed E-state index contributed by atoms with van der Waals surface area (Å²) in [5.74, 6) is 1.58. The van der Waals surface area contributed by atoms with E-state index in [2.05, 4.69) is 0 Å². The zero-order chi connectivity index (χ0) is 13.8. The Morgan fingerprint density at radius 1 is 1.32 bits per heavy atom. The molecule has 0 spiro atoms. The molecule has 0 heterocycles. The maximum absolute atomic E-state index is 9.41. The van der Waals surface area contributed by atoms with Crippen molar-refractivity contribution in [2.75, 3.05) is 20.8 Å². The number of rotatable bonds is 5. The summed E-state index contributed by atoms with van der Waals surface area (Å²) in [5.41, 5.74) is 2.38. The first kappa shape index (κ1) is 14.1. The van der Waals surface area contributed by atoms with E-state index in [1.165, 1.54) is 11.1 Å². The molecule has 0 saturated heterocycles. The molecule has 0 aliphatic heterocycles. The molecule has 0 amide bonds. The predicted molar refractivity (Wildman–Crippen MR) is 70.6 cm³/mol. The second-order valence-electron chi connectivity index (χ2n) is 4.58.